The second-order valence-corrected chi connectivity index (χ2v) is 4.58. The summed E-state index contributed by atoms with van der Waals surface area (Å²) < 4.78 is 0.365. The minimum atomic E-state index is -0.237. The van der Waals surface area contributed by atoms with Gasteiger partial charge in [0.25, 0.3) is 11.5 Å². The van der Waals surface area contributed by atoms with Crippen molar-refractivity contribution in [2.75, 3.05) is 13.1 Å². The number of aromatic nitrogens is 1. The first-order chi connectivity index (χ1) is 7.66. The third kappa shape index (κ3) is 2.51. The lowest BCUT2D eigenvalue weighted by atomic mass is 10.2. The molecule has 0 aromatic carbocycles. The molecule has 0 bridgehead atoms. The molecule has 5 nitrogen and oxygen atoms in total. The average molecular weight is 286 g/mol. The van der Waals surface area contributed by atoms with E-state index in [1.807, 2.05) is 0 Å². The fourth-order valence-corrected chi connectivity index (χ4v) is 1.99. The van der Waals surface area contributed by atoms with Crippen molar-refractivity contribution in [3.63, 3.8) is 0 Å². The minimum Gasteiger partial charge on any atom is -0.348 e. The third-order valence-electron chi connectivity index (χ3n) is 2.52. The Labute approximate surface area is 101 Å². The van der Waals surface area contributed by atoms with Crippen LogP contribution in [0.15, 0.2) is 21.5 Å². The monoisotopic (exact) mass is 285 g/mol. The Bertz CT molecular complexity index is 452. The first-order valence-corrected chi connectivity index (χ1v) is 5.86. The largest absolute Gasteiger partial charge is 0.348 e. The van der Waals surface area contributed by atoms with Crippen molar-refractivity contribution in [1.82, 2.24) is 15.6 Å². The summed E-state index contributed by atoms with van der Waals surface area (Å²) >= 11 is 3.09. The standard InChI is InChI=1S/C10H12BrN3O2/c11-8-3-6(4-13-10(8)16)9(15)14-7-1-2-12-5-7/h3-4,7,12H,1-2,5H2,(H,13,16)(H,14,15). The van der Waals surface area contributed by atoms with Crippen molar-refractivity contribution in [2.45, 2.75) is 12.5 Å². The van der Waals surface area contributed by atoms with Gasteiger partial charge in [0.1, 0.15) is 0 Å². The average Bonchev–Trinajstić information content (AvgIpc) is 2.74. The van der Waals surface area contributed by atoms with Crippen LogP contribution in [0.1, 0.15) is 16.8 Å². The number of aromatic amines is 1. The quantitative estimate of drug-likeness (QED) is 0.728. The van der Waals surface area contributed by atoms with Crippen molar-refractivity contribution in [1.29, 1.82) is 0 Å². The summed E-state index contributed by atoms with van der Waals surface area (Å²) in [6.07, 6.45) is 2.36. The van der Waals surface area contributed by atoms with Gasteiger partial charge in [-0.3, -0.25) is 9.59 Å². The summed E-state index contributed by atoms with van der Waals surface area (Å²) in [6.45, 7) is 1.73. The van der Waals surface area contributed by atoms with E-state index in [1.165, 1.54) is 12.3 Å². The van der Waals surface area contributed by atoms with Gasteiger partial charge in [0, 0.05) is 18.8 Å². The fraction of sp³-hybridized carbons (Fsp3) is 0.400. The third-order valence-corrected chi connectivity index (χ3v) is 3.10. The molecule has 1 aromatic heterocycles. The van der Waals surface area contributed by atoms with Crippen LogP contribution in [0.2, 0.25) is 0 Å². The Morgan fingerprint density at radius 2 is 2.38 bits per heavy atom. The highest BCUT2D eigenvalue weighted by Gasteiger charge is 2.17. The first-order valence-electron chi connectivity index (χ1n) is 5.06. The lowest BCUT2D eigenvalue weighted by Gasteiger charge is -2.10. The predicted molar refractivity (Wildman–Crippen MR) is 63.5 cm³/mol. The van der Waals surface area contributed by atoms with Crippen LogP contribution in [-0.4, -0.2) is 30.0 Å². The molecular formula is C10H12BrN3O2. The molecule has 0 aliphatic carbocycles. The summed E-state index contributed by atoms with van der Waals surface area (Å²) in [5.41, 5.74) is 0.220. The molecule has 16 heavy (non-hydrogen) atoms. The van der Waals surface area contributed by atoms with Gasteiger partial charge in [0.2, 0.25) is 0 Å². The number of pyridine rings is 1. The number of carbonyl (C=O) groups excluding carboxylic acids is 1. The van der Waals surface area contributed by atoms with Crippen LogP contribution in [0.4, 0.5) is 0 Å². The van der Waals surface area contributed by atoms with Crippen molar-refractivity contribution in [3.8, 4) is 0 Å². The Hall–Kier alpha value is -1.14. The normalized spacial score (nSPS) is 19.7. The molecule has 1 amide bonds. The lowest BCUT2D eigenvalue weighted by Crippen LogP contribution is -2.36. The van der Waals surface area contributed by atoms with E-state index in [0.717, 1.165) is 19.5 Å². The number of H-pyrrole nitrogens is 1. The first kappa shape index (κ1) is 11.3. The van der Waals surface area contributed by atoms with Gasteiger partial charge in [-0.1, -0.05) is 0 Å². The molecule has 0 spiro atoms. The molecular weight excluding hydrogens is 274 g/mol. The Balaban J connectivity index is 2.08. The lowest BCUT2D eigenvalue weighted by molar-refractivity contribution is 0.0939. The van der Waals surface area contributed by atoms with Crippen LogP contribution in [-0.2, 0) is 0 Å². The van der Waals surface area contributed by atoms with Crippen molar-refractivity contribution < 1.29 is 4.79 Å². The number of amides is 1. The van der Waals surface area contributed by atoms with Gasteiger partial charge in [-0.25, -0.2) is 0 Å². The molecule has 3 N–H and O–H groups in total. The second kappa shape index (κ2) is 4.80. The zero-order valence-electron chi connectivity index (χ0n) is 8.55. The van der Waals surface area contributed by atoms with E-state index in [9.17, 15) is 9.59 Å². The molecule has 1 aliphatic rings. The molecule has 6 heteroatoms. The van der Waals surface area contributed by atoms with Gasteiger partial charge < -0.3 is 15.6 Å². The number of hydrogen-bond acceptors (Lipinski definition) is 3. The number of rotatable bonds is 2. The molecule has 1 saturated heterocycles. The zero-order chi connectivity index (χ0) is 11.5. The molecule has 2 heterocycles. The maximum absolute atomic E-state index is 11.8. The van der Waals surface area contributed by atoms with Gasteiger partial charge in [-0.2, -0.15) is 0 Å². The fourth-order valence-electron chi connectivity index (χ4n) is 1.63. The van der Waals surface area contributed by atoms with E-state index in [2.05, 4.69) is 31.5 Å². The van der Waals surface area contributed by atoms with E-state index in [0.29, 0.717) is 10.0 Å². The maximum atomic E-state index is 11.8. The minimum absolute atomic E-state index is 0.161. The van der Waals surface area contributed by atoms with Crippen molar-refractivity contribution >= 4 is 21.8 Å². The summed E-state index contributed by atoms with van der Waals surface area (Å²) in [6, 6.07) is 1.70. The van der Waals surface area contributed by atoms with Gasteiger partial charge in [-0.15, -0.1) is 0 Å². The molecule has 0 radical (unpaired) electrons. The van der Waals surface area contributed by atoms with Crippen LogP contribution in [0.25, 0.3) is 0 Å². The van der Waals surface area contributed by atoms with E-state index >= 15 is 0 Å². The molecule has 2 rings (SSSR count). The molecule has 1 aromatic rings. The molecule has 1 aliphatic heterocycles. The zero-order valence-corrected chi connectivity index (χ0v) is 10.1. The Kier molecular flexibility index (Phi) is 3.40. The smallest absolute Gasteiger partial charge is 0.262 e. The maximum Gasteiger partial charge on any atom is 0.262 e. The highest BCUT2D eigenvalue weighted by atomic mass is 79.9. The van der Waals surface area contributed by atoms with Crippen molar-refractivity contribution in [3.05, 3.63) is 32.7 Å². The molecule has 1 unspecified atom stereocenters. The summed E-state index contributed by atoms with van der Waals surface area (Å²) in [5.74, 6) is -0.161. The van der Waals surface area contributed by atoms with E-state index in [1.54, 1.807) is 0 Å². The van der Waals surface area contributed by atoms with Crippen LogP contribution in [0.5, 0.6) is 0 Å². The van der Waals surface area contributed by atoms with Crippen molar-refractivity contribution in [2.24, 2.45) is 0 Å². The number of halogens is 1. The van der Waals surface area contributed by atoms with E-state index in [-0.39, 0.29) is 17.5 Å². The molecule has 86 valence electrons. The Morgan fingerprint density at radius 1 is 1.56 bits per heavy atom. The van der Waals surface area contributed by atoms with Crippen LogP contribution >= 0.6 is 15.9 Å². The number of carbonyl (C=O) groups is 1. The van der Waals surface area contributed by atoms with Gasteiger partial charge in [-0.05, 0) is 35.0 Å². The second-order valence-electron chi connectivity index (χ2n) is 3.73. The summed E-state index contributed by atoms with van der Waals surface area (Å²) in [7, 11) is 0. The van der Waals surface area contributed by atoms with E-state index < -0.39 is 0 Å². The highest BCUT2D eigenvalue weighted by Crippen LogP contribution is 2.06. The summed E-state index contributed by atoms with van der Waals surface area (Å²) in [5, 5.41) is 6.07. The summed E-state index contributed by atoms with van der Waals surface area (Å²) in [4.78, 5) is 25.4. The number of hydrogen-bond donors (Lipinski definition) is 3. The van der Waals surface area contributed by atoms with Crippen LogP contribution in [0, 0.1) is 0 Å². The predicted octanol–water partition coefficient (Wildman–Crippen LogP) is 0.229. The molecule has 1 atom stereocenters. The molecule has 1 fully saturated rings. The van der Waals surface area contributed by atoms with Gasteiger partial charge >= 0.3 is 0 Å². The Morgan fingerprint density at radius 3 is 3.00 bits per heavy atom. The number of nitrogens with one attached hydrogen (secondary N) is 3. The van der Waals surface area contributed by atoms with Gasteiger partial charge in [0.15, 0.2) is 0 Å². The molecule has 0 saturated carbocycles. The van der Waals surface area contributed by atoms with Gasteiger partial charge in [0.05, 0.1) is 10.0 Å². The van der Waals surface area contributed by atoms with Crippen LogP contribution < -0.4 is 16.2 Å². The highest BCUT2D eigenvalue weighted by molar-refractivity contribution is 9.10. The topological polar surface area (TPSA) is 74.0 Å². The SMILES string of the molecule is O=C(NC1CCNC1)c1c[nH]c(=O)c(Br)c1. The van der Waals surface area contributed by atoms with E-state index in [4.69, 9.17) is 0 Å². The van der Waals surface area contributed by atoms with Crippen LogP contribution in [0.3, 0.4) is 0 Å².